The number of piperazine rings is 1. The number of carbonyl (C=O) groups is 1. The van der Waals surface area contributed by atoms with Crippen LogP contribution in [0.25, 0.3) is 0 Å². The summed E-state index contributed by atoms with van der Waals surface area (Å²) in [5, 5.41) is 0. The van der Waals surface area contributed by atoms with Crippen molar-refractivity contribution in [1.29, 1.82) is 0 Å². The van der Waals surface area contributed by atoms with Gasteiger partial charge in [0, 0.05) is 26.2 Å². The smallest absolute Gasteiger partial charge is 0.243 e. The zero-order valence-corrected chi connectivity index (χ0v) is 18.0. The van der Waals surface area contributed by atoms with Gasteiger partial charge >= 0.3 is 0 Å². The fourth-order valence-corrected chi connectivity index (χ4v) is 5.80. The monoisotopic (exact) mass is 407 g/mol. The van der Waals surface area contributed by atoms with Crippen molar-refractivity contribution >= 4 is 15.9 Å². The van der Waals surface area contributed by atoms with E-state index in [1.165, 1.54) is 23.6 Å². The summed E-state index contributed by atoms with van der Waals surface area (Å²) in [7, 11) is -3.52. The minimum Gasteiger partial charge on any atom is -0.339 e. The fourth-order valence-electron chi connectivity index (χ4n) is 4.06. The van der Waals surface area contributed by atoms with E-state index in [0.717, 1.165) is 37.1 Å². The number of amides is 1. The maximum Gasteiger partial charge on any atom is 0.243 e. The number of sulfonamides is 1. The lowest BCUT2D eigenvalue weighted by atomic mass is 10.1. The molecule has 2 heterocycles. The third kappa shape index (κ3) is 5.13. The van der Waals surface area contributed by atoms with E-state index in [1.54, 1.807) is 6.07 Å². The number of nitrogens with zero attached hydrogens (tertiary/aromatic N) is 3. The van der Waals surface area contributed by atoms with Crippen molar-refractivity contribution in [2.45, 2.75) is 50.8 Å². The van der Waals surface area contributed by atoms with Gasteiger partial charge in [0.2, 0.25) is 15.9 Å². The summed E-state index contributed by atoms with van der Waals surface area (Å²) in [5.41, 5.74) is 1.70. The topological polar surface area (TPSA) is 60.9 Å². The Morgan fingerprint density at radius 3 is 2.14 bits per heavy atom. The van der Waals surface area contributed by atoms with Crippen LogP contribution in [0.2, 0.25) is 0 Å². The van der Waals surface area contributed by atoms with E-state index in [2.05, 4.69) is 4.90 Å². The molecule has 0 aliphatic carbocycles. The van der Waals surface area contributed by atoms with Crippen LogP contribution in [0.1, 0.15) is 43.2 Å². The van der Waals surface area contributed by atoms with Gasteiger partial charge < -0.3 is 4.90 Å². The Bertz CT molecular complexity index is 778. The minimum atomic E-state index is -3.52. The Morgan fingerprint density at radius 1 is 0.893 bits per heavy atom. The molecule has 1 aromatic carbocycles. The van der Waals surface area contributed by atoms with Crippen LogP contribution in [0.3, 0.4) is 0 Å². The zero-order valence-electron chi connectivity index (χ0n) is 17.2. The molecule has 0 N–H and O–H groups in total. The molecule has 7 heteroatoms. The first-order valence-corrected chi connectivity index (χ1v) is 11.9. The maximum absolute atomic E-state index is 13.0. The Labute approximate surface area is 169 Å². The molecule has 2 aliphatic heterocycles. The maximum atomic E-state index is 13.0. The molecule has 0 aromatic heterocycles. The molecule has 156 valence electrons. The normalized spacial score (nSPS) is 20.6. The molecule has 3 rings (SSSR count). The van der Waals surface area contributed by atoms with Crippen LogP contribution in [0, 0.1) is 13.8 Å². The van der Waals surface area contributed by atoms with Gasteiger partial charge in [-0.05, 0) is 57.0 Å². The predicted molar refractivity (Wildman–Crippen MR) is 111 cm³/mol. The largest absolute Gasteiger partial charge is 0.339 e. The number of aryl methyl sites for hydroxylation is 2. The van der Waals surface area contributed by atoms with Gasteiger partial charge in [0.05, 0.1) is 11.4 Å². The molecule has 0 radical (unpaired) electrons. The third-order valence-corrected chi connectivity index (χ3v) is 7.90. The molecule has 0 unspecified atom stereocenters. The quantitative estimate of drug-likeness (QED) is 0.769. The van der Waals surface area contributed by atoms with E-state index in [1.807, 2.05) is 30.9 Å². The van der Waals surface area contributed by atoms with E-state index in [-0.39, 0.29) is 5.91 Å². The summed E-state index contributed by atoms with van der Waals surface area (Å²) >= 11 is 0. The molecule has 6 nitrogen and oxygen atoms in total. The summed E-state index contributed by atoms with van der Waals surface area (Å²) < 4.78 is 27.6. The van der Waals surface area contributed by atoms with Crippen LogP contribution < -0.4 is 0 Å². The van der Waals surface area contributed by atoms with Crippen molar-refractivity contribution in [3.05, 3.63) is 29.3 Å². The van der Waals surface area contributed by atoms with Gasteiger partial charge in [0.15, 0.2) is 0 Å². The molecule has 1 aromatic rings. The van der Waals surface area contributed by atoms with E-state index in [9.17, 15) is 13.2 Å². The average Bonchev–Trinajstić information content (AvgIpc) is 2.65. The van der Waals surface area contributed by atoms with Crippen molar-refractivity contribution in [3.63, 3.8) is 0 Å². The van der Waals surface area contributed by atoms with Gasteiger partial charge in [-0.15, -0.1) is 0 Å². The summed E-state index contributed by atoms with van der Waals surface area (Å²) in [6.07, 6.45) is 6.13. The van der Waals surface area contributed by atoms with Crippen LogP contribution in [0.15, 0.2) is 23.1 Å². The van der Waals surface area contributed by atoms with Crippen LogP contribution in [-0.2, 0) is 14.8 Å². The lowest BCUT2D eigenvalue weighted by molar-refractivity contribution is -0.133. The highest BCUT2D eigenvalue weighted by Crippen LogP contribution is 2.22. The van der Waals surface area contributed by atoms with E-state index < -0.39 is 10.0 Å². The van der Waals surface area contributed by atoms with Crippen LogP contribution in [-0.4, -0.2) is 74.2 Å². The first-order chi connectivity index (χ1) is 13.4. The number of benzene rings is 1. The Morgan fingerprint density at radius 2 is 1.50 bits per heavy atom. The molecule has 0 saturated carbocycles. The van der Waals surface area contributed by atoms with E-state index in [4.69, 9.17) is 0 Å². The molecular formula is C21H33N3O3S. The Kier molecular flexibility index (Phi) is 7.12. The van der Waals surface area contributed by atoms with Gasteiger partial charge in [-0.3, -0.25) is 9.69 Å². The Balaban J connectivity index is 1.57. The third-order valence-electron chi connectivity index (χ3n) is 5.86. The summed E-state index contributed by atoms with van der Waals surface area (Å²) in [4.78, 5) is 17.2. The highest BCUT2D eigenvalue weighted by molar-refractivity contribution is 7.89. The number of carbonyl (C=O) groups excluding carboxylic acids is 1. The molecule has 0 spiro atoms. The average molecular weight is 408 g/mol. The summed E-state index contributed by atoms with van der Waals surface area (Å²) in [6, 6.07) is 5.52. The van der Waals surface area contributed by atoms with Gasteiger partial charge in [-0.2, -0.15) is 4.31 Å². The highest BCUT2D eigenvalue weighted by Gasteiger charge is 2.31. The van der Waals surface area contributed by atoms with Gasteiger partial charge in [-0.25, -0.2) is 8.42 Å². The number of likely N-dealkylation sites (tertiary alicyclic amines) is 1. The lowest BCUT2D eigenvalue weighted by Crippen LogP contribution is -2.52. The van der Waals surface area contributed by atoms with E-state index in [0.29, 0.717) is 37.6 Å². The number of hydrogen-bond donors (Lipinski definition) is 0. The van der Waals surface area contributed by atoms with Crippen molar-refractivity contribution < 1.29 is 13.2 Å². The Hall–Kier alpha value is -1.44. The summed E-state index contributed by atoms with van der Waals surface area (Å²) in [6.45, 7) is 7.84. The fraction of sp³-hybridized carbons (Fsp3) is 0.667. The minimum absolute atomic E-state index is 0.129. The number of hydrogen-bond acceptors (Lipinski definition) is 4. The zero-order chi connectivity index (χ0) is 20.1. The lowest BCUT2D eigenvalue weighted by Gasteiger charge is -2.35. The predicted octanol–water partition coefficient (Wildman–Crippen LogP) is 2.40. The number of rotatable bonds is 4. The molecule has 2 fully saturated rings. The molecule has 2 saturated heterocycles. The molecule has 1 amide bonds. The molecular weight excluding hydrogens is 374 g/mol. The molecule has 2 aliphatic rings. The second-order valence-electron chi connectivity index (χ2n) is 8.10. The first kappa shape index (κ1) is 21.3. The first-order valence-electron chi connectivity index (χ1n) is 10.5. The highest BCUT2D eigenvalue weighted by atomic mass is 32.2. The van der Waals surface area contributed by atoms with Crippen molar-refractivity contribution in [1.82, 2.24) is 14.1 Å². The SMILES string of the molecule is Cc1ccc(C)c(S(=O)(=O)N2CCN(C(=O)CN3CCCCCCC3)CC2)c1. The molecule has 0 atom stereocenters. The van der Waals surface area contributed by atoms with Crippen LogP contribution in [0.5, 0.6) is 0 Å². The van der Waals surface area contributed by atoms with E-state index >= 15 is 0 Å². The second-order valence-corrected chi connectivity index (χ2v) is 10.0. The van der Waals surface area contributed by atoms with Crippen molar-refractivity contribution in [2.75, 3.05) is 45.8 Å². The van der Waals surface area contributed by atoms with Gasteiger partial charge in [0.1, 0.15) is 0 Å². The summed E-state index contributed by atoms with van der Waals surface area (Å²) in [5.74, 6) is 0.129. The van der Waals surface area contributed by atoms with Crippen LogP contribution >= 0.6 is 0 Å². The van der Waals surface area contributed by atoms with Gasteiger partial charge in [-0.1, -0.05) is 31.4 Å². The van der Waals surface area contributed by atoms with Crippen molar-refractivity contribution in [2.24, 2.45) is 0 Å². The van der Waals surface area contributed by atoms with Crippen LogP contribution in [0.4, 0.5) is 0 Å². The molecule has 0 bridgehead atoms. The van der Waals surface area contributed by atoms with Gasteiger partial charge in [0.25, 0.3) is 0 Å². The second kappa shape index (κ2) is 9.37. The van der Waals surface area contributed by atoms with Crippen molar-refractivity contribution in [3.8, 4) is 0 Å². The standard InChI is InChI=1S/C21H33N3O3S/c1-18-8-9-19(2)20(16-18)28(26,27)24-14-12-23(13-15-24)21(25)17-22-10-6-4-3-5-7-11-22/h8-9,16H,3-7,10-15,17H2,1-2H3. The molecule has 28 heavy (non-hydrogen) atoms.